The van der Waals surface area contributed by atoms with Gasteiger partial charge in [0.05, 0.1) is 19.8 Å². The molecule has 4 fully saturated rings. The van der Waals surface area contributed by atoms with Crippen molar-refractivity contribution in [1.82, 2.24) is 15.6 Å². The van der Waals surface area contributed by atoms with Gasteiger partial charge in [0.25, 0.3) is 5.88 Å². The fourth-order valence-electron chi connectivity index (χ4n) is 4.17. The van der Waals surface area contributed by atoms with Crippen LogP contribution in [0.25, 0.3) is 0 Å². The third-order valence-electron chi connectivity index (χ3n) is 5.69. The standard InChI is InChI=1S/C18H24FN3O3/c1-24-16-12(9-21-15(23)14-3-2-4-20-14)5-13(19)17(22-16)25-10-18-6-11(7-18)8-18/h5,11,14,20H,2-4,6-10H2,1H3,(H,21,23). The maximum absolute atomic E-state index is 14.3. The van der Waals surface area contributed by atoms with Gasteiger partial charge in [0.1, 0.15) is 0 Å². The lowest BCUT2D eigenvalue weighted by atomic mass is 9.45. The van der Waals surface area contributed by atoms with Crippen molar-refractivity contribution in [3.63, 3.8) is 0 Å². The number of ether oxygens (including phenoxy) is 2. The van der Waals surface area contributed by atoms with Gasteiger partial charge in [-0.2, -0.15) is 4.98 Å². The molecule has 0 radical (unpaired) electrons. The predicted molar refractivity (Wildman–Crippen MR) is 88.9 cm³/mol. The van der Waals surface area contributed by atoms with Crippen LogP contribution < -0.4 is 20.1 Å². The van der Waals surface area contributed by atoms with E-state index in [0.29, 0.717) is 12.2 Å². The van der Waals surface area contributed by atoms with Crippen LogP contribution in [0.3, 0.4) is 0 Å². The molecule has 3 saturated carbocycles. The Bertz CT molecular complexity index is 659. The molecule has 1 aromatic heterocycles. The fourth-order valence-corrected chi connectivity index (χ4v) is 4.17. The molecule has 3 aliphatic carbocycles. The second-order valence-electron chi connectivity index (χ2n) is 7.58. The van der Waals surface area contributed by atoms with Crippen molar-refractivity contribution < 1.29 is 18.7 Å². The summed E-state index contributed by atoms with van der Waals surface area (Å²) in [5.74, 6) is 0.527. The van der Waals surface area contributed by atoms with Gasteiger partial charge in [0.15, 0.2) is 5.82 Å². The summed E-state index contributed by atoms with van der Waals surface area (Å²) in [4.78, 5) is 16.2. The Morgan fingerprint density at radius 1 is 1.44 bits per heavy atom. The third kappa shape index (κ3) is 3.17. The Morgan fingerprint density at radius 2 is 2.24 bits per heavy atom. The molecule has 1 aromatic rings. The molecule has 2 N–H and O–H groups in total. The highest BCUT2D eigenvalue weighted by molar-refractivity contribution is 5.82. The highest BCUT2D eigenvalue weighted by Crippen LogP contribution is 2.64. The van der Waals surface area contributed by atoms with E-state index in [2.05, 4.69) is 15.6 Å². The first kappa shape index (κ1) is 16.6. The lowest BCUT2D eigenvalue weighted by molar-refractivity contribution is -0.133. The summed E-state index contributed by atoms with van der Waals surface area (Å²) in [6.07, 6.45) is 5.37. The second-order valence-corrected chi connectivity index (χ2v) is 7.58. The number of nitrogens with zero attached hydrogens (tertiary/aromatic N) is 1. The van der Waals surface area contributed by atoms with Gasteiger partial charge in [0, 0.05) is 17.5 Å². The van der Waals surface area contributed by atoms with Crippen molar-refractivity contribution in [1.29, 1.82) is 0 Å². The van der Waals surface area contributed by atoms with E-state index in [-0.39, 0.29) is 35.7 Å². The first-order valence-corrected chi connectivity index (χ1v) is 8.96. The van der Waals surface area contributed by atoms with Crippen molar-refractivity contribution in [2.24, 2.45) is 11.3 Å². The van der Waals surface area contributed by atoms with Crippen LogP contribution in [0.5, 0.6) is 11.8 Å². The van der Waals surface area contributed by atoms with E-state index >= 15 is 0 Å². The number of rotatable bonds is 7. The minimum absolute atomic E-state index is 0.0193. The smallest absolute Gasteiger partial charge is 0.253 e. The van der Waals surface area contributed by atoms with Crippen LogP contribution in [-0.4, -0.2) is 37.2 Å². The van der Waals surface area contributed by atoms with Gasteiger partial charge in [-0.05, 0) is 50.6 Å². The van der Waals surface area contributed by atoms with Crippen LogP contribution >= 0.6 is 0 Å². The minimum Gasteiger partial charge on any atom is -0.481 e. The van der Waals surface area contributed by atoms with Gasteiger partial charge in [-0.15, -0.1) is 0 Å². The molecule has 1 saturated heterocycles. The zero-order valence-corrected chi connectivity index (χ0v) is 14.4. The molecule has 136 valence electrons. The maximum atomic E-state index is 14.3. The molecule has 7 heteroatoms. The Hall–Kier alpha value is -1.89. The van der Waals surface area contributed by atoms with E-state index in [4.69, 9.17) is 9.47 Å². The molecule has 0 aromatic carbocycles. The van der Waals surface area contributed by atoms with Gasteiger partial charge >= 0.3 is 0 Å². The van der Waals surface area contributed by atoms with Crippen LogP contribution in [0.1, 0.15) is 37.7 Å². The third-order valence-corrected chi connectivity index (χ3v) is 5.69. The molecule has 6 nitrogen and oxygen atoms in total. The number of amides is 1. The average molecular weight is 349 g/mol. The quantitative estimate of drug-likeness (QED) is 0.785. The first-order chi connectivity index (χ1) is 12.1. The van der Waals surface area contributed by atoms with E-state index in [0.717, 1.165) is 25.3 Å². The Labute approximate surface area is 146 Å². The van der Waals surface area contributed by atoms with Crippen LogP contribution in [-0.2, 0) is 11.3 Å². The van der Waals surface area contributed by atoms with Gasteiger partial charge in [-0.3, -0.25) is 4.79 Å². The zero-order chi connectivity index (χ0) is 17.4. The summed E-state index contributed by atoms with van der Waals surface area (Å²) in [5.41, 5.74) is 0.761. The van der Waals surface area contributed by atoms with Crippen LogP contribution in [0.4, 0.5) is 4.39 Å². The van der Waals surface area contributed by atoms with Crippen molar-refractivity contribution in [3.8, 4) is 11.8 Å². The van der Waals surface area contributed by atoms with E-state index in [9.17, 15) is 9.18 Å². The average Bonchev–Trinajstić information content (AvgIpc) is 3.06. The number of carbonyl (C=O) groups excluding carboxylic acids is 1. The number of carbonyl (C=O) groups is 1. The Morgan fingerprint density at radius 3 is 2.84 bits per heavy atom. The molecule has 25 heavy (non-hydrogen) atoms. The lowest BCUT2D eigenvalue weighted by Gasteiger charge is -2.61. The first-order valence-electron chi connectivity index (χ1n) is 8.96. The summed E-state index contributed by atoms with van der Waals surface area (Å²) in [7, 11) is 1.48. The molecular formula is C18H24FN3O3. The number of methoxy groups -OCH3 is 1. The molecule has 1 atom stereocenters. The highest BCUT2D eigenvalue weighted by atomic mass is 19.1. The number of hydrogen-bond acceptors (Lipinski definition) is 5. The van der Waals surface area contributed by atoms with E-state index in [1.165, 1.54) is 32.4 Å². The zero-order valence-electron chi connectivity index (χ0n) is 14.4. The van der Waals surface area contributed by atoms with Crippen molar-refractivity contribution in [2.75, 3.05) is 20.3 Å². The second kappa shape index (κ2) is 6.44. The van der Waals surface area contributed by atoms with Crippen LogP contribution in [0.2, 0.25) is 0 Å². The summed E-state index contributed by atoms with van der Waals surface area (Å²) >= 11 is 0. The van der Waals surface area contributed by atoms with Crippen LogP contribution in [0, 0.1) is 17.2 Å². The van der Waals surface area contributed by atoms with E-state index in [1.54, 1.807) is 0 Å². The lowest BCUT2D eigenvalue weighted by Crippen LogP contribution is -2.55. The highest BCUT2D eigenvalue weighted by Gasteiger charge is 2.57. The van der Waals surface area contributed by atoms with Crippen molar-refractivity contribution in [2.45, 2.75) is 44.7 Å². The molecule has 2 bridgehead atoms. The van der Waals surface area contributed by atoms with Gasteiger partial charge in [-0.1, -0.05) is 0 Å². The molecular weight excluding hydrogens is 325 g/mol. The summed E-state index contributed by atoms with van der Waals surface area (Å²) < 4.78 is 25.2. The maximum Gasteiger partial charge on any atom is 0.253 e. The van der Waals surface area contributed by atoms with Gasteiger partial charge in [-0.25, -0.2) is 4.39 Å². The van der Waals surface area contributed by atoms with E-state index < -0.39 is 5.82 Å². The van der Waals surface area contributed by atoms with Gasteiger partial charge < -0.3 is 20.1 Å². The molecule has 0 spiro atoms. The molecule has 2 heterocycles. The van der Waals surface area contributed by atoms with Crippen molar-refractivity contribution in [3.05, 3.63) is 17.4 Å². The number of hydrogen-bond donors (Lipinski definition) is 2. The summed E-state index contributed by atoms with van der Waals surface area (Å²) in [6.45, 7) is 1.54. The summed E-state index contributed by atoms with van der Waals surface area (Å²) in [5, 5.41) is 5.95. The molecule has 1 amide bonds. The fraction of sp³-hybridized carbons (Fsp3) is 0.667. The van der Waals surface area contributed by atoms with E-state index in [1.807, 2.05) is 0 Å². The predicted octanol–water partition coefficient (Wildman–Crippen LogP) is 1.78. The largest absolute Gasteiger partial charge is 0.481 e. The number of aromatic nitrogens is 1. The summed E-state index contributed by atoms with van der Waals surface area (Å²) in [6, 6.07) is 1.17. The molecule has 1 aliphatic heterocycles. The van der Waals surface area contributed by atoms with Gasteiger partial charge in [0.2, 0.25) is 11.8 Å². The topological polar surface area (TPSA) is 72.5 Å². The van der Waals surface area contributed by atoms with Crippen LogP contribution in [0.15, 0.2) is 6.07 Å². The molecule has 5 rings (SSSR count). The molecule has 4 aliphatic rings. The normalized spacial score (nSPS) is 29.5. The number of nitrogens with one attached hydrogen (secondary N) is 2. The molecule has 1 unspecified atom stereocenters. The number of pyridine rings is 1. The SMILES string of the molecule is COc1nc(OCC23CC(C2)C3)c(F)cc1CNC(=O)C1CCCN1. The minimum atomic E-state index is -0.518. The number of halogens is 1. The van der Waals surface area contributed by atoms with Crippen molar-refractivity contribution >= 4 is 5.91 Å². The monoisotopic (exact) mass is 349 g/mol. The Kier molecular flexibility index (Phi) is 4.27. The Balaban J connectivity index is 1.39.